The van der Waals surface area contributed by atoms with E-state index in [2.05, 4.69) is 5.32 Å². The average molecular weight is 389 g/mol. The van der Waals surface area contributed by atoms with Gasteiger partial charge in [0.15, 0.2) is 0 Å². The van der Waals surface area contributed by atoms with Crippen LogP contribution in [-0.4, -0.2) is 14.3 Å². The van der Waals surface area contributed by atoms with Gasteiger partial charge < -0.3 is 9.50 Å². The number of hydrogen-bond acceptors (Lipinski definition) is 4. The second-order valence-electron chi connectivity index (χ2n) is 5.54. The molecule has 0 fully saturated rings. The Morgan fingerprint density at radius 3 is 2.46 bits per heavy atom. The van der Waals surface area contributed by atoms with Crippen molar-refractivity contribution >= 4 is 21.7 Å². The summed E-state index contributed by atoms with van der Waals surface area (Å²) in [6, 6.07) is 5.36. The number of benzene rings is 2. The summed E-state index contributed by atoms with van der Waals surface area (Å²) in [5.74, 6) is -1.89. The topological polar surface area (TPSA) is 72.5 Å². The van der Waals surface area contributed by atoms with Gasteiger partial charge in [0.1, 0.15) is 16.5 Å². The van der Waals surface area contributed by atoms with E-state index in [4.69, 9.17) is 4.18 Å². The standard InChI is InChI=1S/C16H11F4NO4S/c17-13-4-3-11(8-12(13)16(18,19)20)26(23,24)25-10-2-5-14-9(7-10)1-6-15(22)21-14/h2-5,7-8H,1,6H2,(H,21,22). The maximum Gasteiger partial charge on any atom is 0.419 e. The number of halogens is 4. The van der Waals surface area contributed by atoms with Crippen LogP contribution in [0.2, 0.25) is 0 Å². The van der Waals surface area contributed by atoms with E-state index in [1.165, 1.54) is 18.2 Å². The zero-order valence-corrected chi connectivity index (χ0v) is 13.7. The van der Waals surface area contributed by atoms with Crippen LogP contribution in [0.4, 0.5) is 23.2 Å². The molecule has 1 aliphatic rings. The smallest absolute Gasteiger partial charge is 0.379 e. The van der Waals surface area contributed by atoms with Crippen molar-refractivity contribution in [2.75, 3.05) is 5.32 Å². The molecule has 0 spiro atoms. The molecular weight excluding hydrogens is 378 g/mol. The molecule has 0 radical (unpaired) electrons. The number of carbonyl (C=O) groups is 1. The molecule has 138 valence electrons. The number of anilines is 1. The molecule has 0 saturated heterocycles. The Balaban J connectivity index is 1.92. The Kier molecular flexibility index (Phi) is 4.39. The lowest BCUT2D eigenvalue weighted by Gasteiger charge is -2.17. The molecule has 10 heteroatoms. The Hall–Kier alpha value is -2.62. The highest BCUT2D eigenvalue weighted by Gasteiger charge is 2.35. The molecule has 0 bridgehead atoms. The van der Waals surface area contributed by atoms with E-state index >= 15 is 0 Å². The number of carbonyl (C=O) groups excluding carboxylic acids is 1. The molecule has 1 heterocycles. The first-order chi connectivity index (χ1) is 12.1. The minimum Gasteiger partial charge on any atom is -0.379 e. The summed E-state index contributed by atoms with van der Waals surface area (Å²) in [4.78, 5) is 10.5. The van der Waals surface area contributed by atoms with Crippen molar-refractivity contribution in [3.8, 4) is 5.75 Å². The summed E-state index contributed by atoms with van der Waals surface area (Å²) < 4.78 is 80.9. The number of aryl methyl sites for hydroxylation is 1. The van der Waals surface area contributed by atoms with E-state index in [1.54, 1.807) is 0 Å². The normalized spacial score (nSPS) is 14.5. The maximum atomic E-state index is 13.3. The summed E-state index contributed by atoms with van der Waals surface area (Å²) in [5.41, 5.74) is -0.560. The van der Waals surface area contributed by atoms with Gasteiger partial charge in [-0.2, -0.15) is 21.6 Å². The molecule has 2 aromatic carbocycles. The maximum absolute atomic E-state index is 13.3. The van der Waals surface area contributed by atoms with Crippen LogP contribution >= 0.6 is 0 Å². The van der Waals surface area contributed by atoms with Crippen LogP contribution in [0.5, 0.6) is 5.75 Å². The fourth-order valence-electron chi connectivity index (χ4n) is 2.46. The molecular formula is C16H11F4NO4S. The molecule has 0 saturated carbocycles. The van der Waals surface area contributed by atoms with E-state index in [-0.39, 0.29) is 24.1 Å². The molecule has 26 heavy (non-hydrogen) atoms. The molecule has 0 atom stereocenters. The van der Waals surface area contributed by atoms with Gasteiger partial charge in [-0.1, -0.05) is 0 Å². The number of nitrogens with one attached hydrogen (secondary N) is 1. The van der Waals surface area contributed by atoms with E-state index in [0.717, 1.165) is 0 Å². The summed E-state index contributed by atoms with van der Waals surface area (Å²) in [5, 5.41) is 2.60. The van der Waals surface area contributed by atoms with Gasteiger partial charge in [0.2, 0.25) is 5.91 Å². The van der Waals surface area contributed by atoms with Crippen molar-refractivity contribution in [3.05, 3.63) is 53.3 Å². The first-order valence-electron chi connectivity index (χ1n) is 7.30. The lowest BCUT2D eigenvalue weighted by atomic mass is 10.0. The number of amides is 1. The van der Waals surface area contributed by atoms with Gasteiger partial charge in [-0.15, -0.1) is 0 Å². The van der Waals surface area contributed by atoms with Crippen molar-refractivity contribution in [3.63, 3.8) is 0 Å². The molecule has 0 aromatic heterocycles. The quantitative estimate of drug-likeness (QED) is 0.644. The Bertz CT molecular complexity index is 986. The Morgan fingerprint density at radius 2 is 1.77 bits per heavy atom. The minimum atomic E-state index is -5.04. The van der Waals surface area contributed by atoms with E-state index in [9.17, 15) is 30.8 Å². The molecule has 2 aromatic rings. The van der Waals surface area contributed by atoms with Gasteiger partial charge in [-0.25, -0.2) is 4.39 Å². The number of hydrogen-bond donors (Lipinski definition) is 1. The number of rotatable bonds is 3. The van der Waals surface area contributed by atoms with Crippen LogP contribution in [0.1, 0.15) is 17.5 Å². The summed E-state index contributed by atoms with van der Waals surface area (Å²) in [6.45, 7) is 0. The van der Waals surface area contributed by atoms with Gasteiger partial charge >= 0.3 is 16.3 Å². The Morgan fingerprint density at radius 1 is 1.04 bits per heavy atom. The van der Waals surface area contributed by atoms with E-state index in [1.807, 2.05) is 0 Å². The van der Waals surface area contributed by atoms with Crippen molar-refractivity contribution < 1.29 is 35.0 Å². The first kappa shape index (κ1) is 18.2. The fourth-order valence-corrected chi connectivity index (χ4v) is 3.41. The van der Waals surface area contributed by atoms with Crippen LogP contribution in [0.15, 0.2) is 41.3 Å². The van der Waals surface area contributed by atoms with Crippen molar-refractivity contribution in [2.45, 2.75) is 23.9 Å². The highest BCUT2D eigenvalue weighted by molar-refractivity contribution is 7.87. The van der Waals surface area contributed by atoms with Gasteiger partial charge in [-0.3, -0.25) is 4.79 Å². The molecule has 0 unspecified atom stereocenters. The number of fused-ring (bicyclic) bond motifs is 1. The highest BCUT2D eigenvalue weighted by atomic mass is 32.2. The fraction of sp³-hybridized carbons (Fsp3) is 0.188. The van der Waals surface area contributed by atoms with Crippen molar-refractivity contribution in [1.82, 2.24) is 0 Å². The minimum absolute atomic E-state index is 0.127. The van der Waals surface area contributed by atoms with Crippen LogP contribution in [0.25, 0.3) is 0 Å². The largest absolute Gasteiger partial charge is 0.419 e. The third-order valence-corrected chi connectivity index (χ3v) is 4.95. The zero-order valence-electron chi connectivity index (χ0n) is 12.9. The lowest BCUT2D eigenvalue weighted by molar-refractivity contribution is -0.140. The van der Waals surface area contributed by atoms with Crippen LogP contribution in [0, 0.1) is 5.82 Å². The average Bonchev–Trinajstić information content (AvgIpc) is 2.54. The van der Waals surface area contributed by atoms with Crippen LogP contribution < -0.4 is 9.50 Å². The van der Waals surface area contributed by atoms with Crippen LogP contribution in [-0.2, 0) is 27.5 Å². The molecule has 5 nitrogen and oxygen atoms in total. The van der Waals surface area contributed by atoms with Gasteiger partial charge in [0.25, 0.3) is 0 Å². The van der Waals surface area contributed by atoms with Crippen molar-refractivity contribution in [2.24, 2.45) is 0 Å². The third-order valence-electron chi connectivity index (χ3n) is 3.71. The summed E-state index contributed by atoms with van der Waals surface area (Å²) in [6.07, 6.45) is -4.46. The predicted molar refractivity (Wildman–Crippen MR) is 82.6 cm³/mol. The van der Waals surface area contributed by atoms with E-state index in [0.29, 0.717) is 29.8 Å². The van der Waals surface area contributed by atoms with Crippen molar-refractivity contribution in [1.29, 1.82) is 0 Å². The Labute approximate surface area is 145 Å². The summed E-state index contributed by atoms with van der Waals surface area (Å²) in [7, 11) is -4.60. The van der Waals surface area contributed by atoms with Crippen LogP contribution in [0.3, 0.4) is 0 Å². The molecule has 1 aliphatic heterocycles. The first-order valence-corrected chi connectivity index (χ1v) is 8.71. The SMILES string of the molecule is O=C1CCc2cc(OS(=O)(=O)c3ccc(F)c(C(F)(F)F)c3)ccc2N1. The second kappa shape index (κ2) is 6.27. The lowest BCUT2D eigenvalue weighted by Crippen LogP contribution is -2.19. The molecule has 1 N–H and O–H groups in total. The number of alkyl halides is 3. The van der Waals surface area contributed by atoms with E-state index < -0.39 is 32.6 Å². The summed E-state index contributed by atoms with van der Waals surface area (Å²) >= 11 is 0. The molecule has 1 amide bonds. The molecule has 0 aliphatic carbocycles. The van der Waals surface area contributed by atoms with Gasteiger partial charge in [0.05, 0.1) is 5.56 Å². The third kappa shape index (κ3) is 3.64. The second-order valence-corrected chi connectivity index (χ2v) is 7.09. The van der Waals surface area contributed by atoms with Gasteiger partial charge in [-0.05, 0) is 48.4 Å². The highest BCUT2D eigenvalue weighted by Crippen LogP contribution is 2.34. The predicted octanol–water partition coefficient (Wildman–Crippen LogP) is 3.50. The monoisotopic (exact) mass is 389 g/mol. The van der Waals surface area contributed by atoms with Gasteiger partial charge in [0, 0.05) is 12.1 Å². The zero-order chi connectivity index (χ0) is 19.1. The molecule has 3 rings (SSSR count).